The number of hydrogen-bond donors (Lipinski definition) is 2. The monoisotopic (exact) mass is 408 g/mol. The summed E-state index contributed by atoms with van der Waals surface area (Å²) >= 11 is 6.01. The fourth-order valence-electron chi connectivity index (χ4n) is 3.88. The lowest BCUT2D eigenvalue weighted by Crippen LogP contribution is -2.41. The minimum absolute atomic E-state index is 0.00587. The van der Waals surface area contributed by atoms with Gasteiger partial charge in [0, 0.05) is 29.7 Å². The van der Waals surface area contributed by atoms with Crippen LogP contribution in [0.4, 0.5) is 0 Å². The van der Waals surface area contributed by atoms with E-state index in [1.54, 1.807) is 23.1 Å². The average Bonchev–Trinajstić information content (AvgIpc) is 3.05. The molecular weight excluding hydrogens is 388 g/mol. The SMILES string of the molecule is CS(=O)(=O)NC1CC12CCN(C(=O)c1cc(-c3cccc(Cl)c3)n[nH]1)CC2. The average molecular weight is 409 g/mol. The predicted octanol–water partition coefficient (Wildman–Crippen LogP) is 2.27. The number of piperidine rings is 1. The summed E-state index contributed by atoms with van der Waals surface area (Å²) in [6.07, 6.45) is 3.65. The Balaban J connectivity index is 1.39. The summed E-state index contributed by atoms with van der Waals surface area (Å²) in [6, 6.07) is 9.07. The second kappa shape index (κ2) is 6.61. The molecule has 144 valence electrons. The molecule has 1 aliphatic carbocycles. The number of aromatic nitrogens is 2. The number of likely N-dealkylation sites (tertiary alicyclic amines) is 1. The number of H-pyrrole nitrogens is 1. The van der Waals surface area contributed by atoms with Crippen LogP contribution in [0.5, 0.6) is 0 Å². The Kier molecular flexibility index (Phi) is 4.52. The van der Waals surface area contributed by atoms with E-state index in [0.717, 1.165) is 24.8 Å². The smallest absolute Gasteiger partial charge is 0.271 e. The molecule has 4 rings (SSSR count). The highest BCUT2D eigenvalue weighted by Gasteiger charge is 2.56. The van der Waals surface area contributed by atoms with Gasteiger partial charge in [-0.2, -0.15) is 5.10 Å². The largest absolute Gasteiger partial charge is 0.337 e. The lowest BCUT2D eigenvalue weighted by atomic mass is 9.92. The van der Waals surface area contributed by atoms with Gasteiger partial charge in [0.1, 0.15) is 5.69 Å². The van der Waals surface area contributed by atoms with Gasteiger partial charge < -0.3 is 4.90 Å². The molecule has 2 heterocycles. The van der Waals surface area contributed by atoms with Gasteiger partial charge in [0.15, 0.2) is 0 Å². The van der Waals surface area contributed by atoms with Gasteiger partial charge in [-0.3, -0.25) is 9.89 Å². The Labute approximate surface area is 163 Å². The van der Waals surface area contributed by atoms with Gasteiger partial charge in [0.25, 0.3) is 5.91 Å². The number of hydrogen-bond acceptors (Lipinski definition) is 4. The van der Waals surface area contributed by atoms with Gasteiger partial charge >= 0.3 is 0 Å². The summed E-state index contributed by atoms with van der Waals surface area (Å²) in [5, 5.41) is 7.67. The molecule has 1 saturated heterocycles. The fourth-order valence-corrected chi connectivity index (χ4v) is 4.92. The van der Waals surface area contributed by atoms with Crippen molar-refractivity contribution in [3.8, 4) is 11.3 Å². The molecule has 0 bridgehead atoms. The maximum Gasteiger partial charge on any atom is 0.271 e. The highest BCUT2D eigenvalue weighted by molar-refractivity contribution is 7.88. The zero-order valence-corrected chi connectivity index (χ0v) is 16.5. The molecule has 1 aromatic carbocycles. The first-order valence-corrected chi connectivity index (χ1v) is 11.1. The minimum atomic E-state index is -3.19. The van der Waals surface area contributed by atoms with E-state index in [-0.39, 0.29) is 17.4 Å². The fraction of sp³-hybridized carbons (Fsp3) is 0.444. The first-order valence-electron chi connectivity index (χ1n) is 8.84. The summed E-state index contributed by atoms with van der Waals surface area (Å²) in [6.45, 7) is 1.23. The predicted molar refractivity (Wildman–Crippen MR) is 103 cm³/mol. The summed E-state index contributed by atoms with van der Waals surface area (Å²) in [4.78, 5) is 14.6. The number of amides is 1. The van der Waals surface area contributed by atoms with E-state index >= 15 is 0 Å². The maximum atomic E-state index is 12.8. The van der Waals surface area contributed by atoms with Crippen LogP contribution in [0.3, 0.4) is 0 Å². The maximum absolute atomic E-state index is 12.8. The van der Waals surface area contributed by atoms with Crippen LogP contribution in [0, 0.1) is 5.41 Å². The molecule has 2 aromatic rings. The molecule has 7 nitrogen and oxygen atoms in total. The number of carbonyl (C=O) groups is 1. The first kappa shape index (κ1) is 18.5. The van der Waals surface area contributed by atoms with Gasteiger partial charge in [-0.15, -0.1) is 0 Å². The van der Waals surface area contributed by atoms with Gasteiger partial charge in [0.05, 0.1) is 11.9 Å². The third kappa shape index (κ3) is 3.88. The van der Waals surface area contributed by atoms with Crippen LogP contribution in [-0.4, -0.2) is 54.8 Å². The van der Waals surface area contributed by atoms with Crippen LogP contribution < -0.4 is 4.72 Å². The number of rotatable bonds is 4. The number of halogens is 1. The Morgan fingerprint density at radius 1 is 1.33 bits per heavy atom. The molecule has 2 aliphatic rings. The third-order valence-corrected chi connectivity index (χ3v) is 6.47. The highest BCUT2D eigenvalue weighted by atomic mass is 35.5. The molecule has 1 atom stereocenters. The Morgan fingerprint density at radius 2 is 2.07 bits per heavy atom. The molecule has 1 aromatic heterocycles. The van der Waals surface area contributed by atoms with Gasteiger partial charge in [-0.1, -0.05) is 23.7 Å². The molecule has 1 unspecified atom stereocenters. The number of carbonyl (C=O) groups excluding carboxylic acids is 1. The van der Waals surface area contributed by atoms with Crippen molar-refractivity contribution in [3.63, 3.8) is 0 Å². The molecule has 0 radical (unpaired) electrons. The van der Waals surface area contributed by atoms with Gasteiger partial charge in [-0.05, 0) is 42.9 Å². The third-order valence-electron chi connectivity index (χ3n) is 5.52. The van der Waals surface area contributed by atoms with Crippen molar-refractivity contribution in [3.05, 3.63) is 41.0 Å². The molecule has 1 amide bonds. The second-order valence-electron chi connectivity index (χ2n) is 7.48. The zero-order chi connectivity index (χ0) is 19.2. The summed E-state index contributed by atoms with van der Waals surface area (Å²) in [5.74, 6) is -0.0844. The molecule has 27 heavy (non-hydrogen) atoms. The van der Waals surface area contributed by atoms with Crippen LogP contribution in [-0.2, 0) is 10.0 Å². The number of sulfonamides is 1. The van der Waals surface area contributed by atoms with E-state index in [2.05, 4.69) is 14.9 Å². The van der Waals surface area contributed by atoms with Crippen molar-refractivity contribution >= 4 is 27.5 Å². The lowest BCUT2D eigenvalue weighted by Gasteiger charge is -2.32. The highest BCUT2D eigenvalue weighted by Crippen LogP contribution is 2.54. The van der Waals surface area contributed by atoms with Gasteiger partial charge in [0.2, 0.25) is 10.0 Å². The van der Waals surface area contributed by atoms with Crippen LogP contribution in [0.25, 0.3) is 11.3 Å². The van der Waals surface area contributed by atoms with Crippen LogP contribution in [0.15, 0.2) is 30.3 Å². The molecular formula is C18H21ClN4O3S. The molecule has 1 aliphatic heterocycles. The molecule has 2 fully saturated rings. The molecule has 1 saturated carbocycles. The lowest BCUT2D eigenvalue weighted by molar-refractivity contribution is 0.0668. The van der Waals surface area contributed by atoms with Crippen LogP contribution >= 0.6 is 11.6 Å². The van der Waals surface area contributed by atoms with Crippen molar-refractivity contribution in [1.29, 1.82) is 0 Å². The number of nitrogens with zero attached hydrogens (tertiary/aromatic N) is 2. The zero-order valence-electron chi connectivity index (χ0n) is 14.9. The van der Waals surface area contributed by atoms with E-state index < -0.39 is 10.0 Å². The Hall–Kier alpha value is -1.90. The minimum Gasteiger partial charge on any atom is -0.337 e. The Morgan fingerprint density at radius 3 is 2.74 bits per heavy atom. The Bertz CT molecular complexity index is 980. The van der Waals surface area contributed by atoms with Gasteiger partial charge in [-0.25, -0.2) is 13.1 Å². The standard InChI is InChI=1S/C18H21ClN4O3S/c1-27(25,26)22-16-11-18(16)5-7-23(8-6-18)17(24)15-10-14(20-21-15)12-3-2-4-13(19)9-12/h2-4,9-10,16,22H,5-8,11H2,1H3,(H,20,21). The number of benzene rings is 1. The summed E-state index contributed by atoms with van der Waals surface area (Å²) in [5.41, 5.74) is 1.99. The van der Waals surface area contributed by atoms with Crippen LogP contribution in [0.2, 0.25) is 5.02 Å². The van der Waals surface area contributed by atoms with E-state index in [4.69, 9.17) is 11.6 Å². The summed E-state index contributed by atoms with van der Waals surface area (Å²) in [7, 11) is -3.19. The first-order chi connectivity index (χ1) is 12.8. The van der Waals surface area contributed by atoms with Crippen molar-refractivity contribution in [2.24, 2.45) is 5.41 Å². The van der Waals surface area contributed by atoms with Crippen molar-refractivity contribution in [2.45, 2.75) is 25.3 Å². The van der Waals surface area contributed by atoms with E-state index in [0.29, 0.717) is 29.5 Å². The summed E-state index contributed by atoms with van der Waals surface area (Å²) < 4.78 is 25.5. The van der Waals surface area contributed by atoms with Crippen molar-refractivity contribution in [2.75, 3.05) is 19.3 Å². The normalized spacial score (nSPS) is 21.4. The van der Waals surface area contributed by atoms with E-state index in [1.807, 2.05) is 12.1 Å². The topological polar surface area (TPSA) is 95.2 Å². The number of aromatic amines is 1. The van der Waals surface area contributed by atoms with Crippen LogP contribution in [0.1, 0.15) is 29.8 Å². The molecule has 9 heteroatoms. The molecule has 1 spiro atoms. The molecule has 2 N–H and O–H groups in total. The quantitative estimate of drug-likeness (QED) is 0.811. The van der Waals surface area contributed by atoms with Crippen molar-refractivity contribution in [1.82, 2.24) is 19.8 Å². The van der Waals surface area contributed by atoms with Crippen molar-refractivity contribution < 1.29 is 13.2 Å². The number of nitrogens with one attached hydrogen (secondary N) is 2. The van der Waals surface area contributed by atoms with E-state index in [9.17, 15) is 13.2 Å². The van der Waals surface area contributed by atoms with E-state index in [1.165, 1.54) is 6.26 Å². The second-order valence-corrected chi connectivity index (χ2v) is 9.69.